The molecule has 8 heteroatoms. The number of hydrogen-bond acceptors (Lipinski definition) is 6. The number of thiophene rings is 1. The third-order valence-corrected chi connectivity index (χ3v) is 6.31. The van der Waals surface area contributed by atoms with Crippen LogP contribution in [0.4, 0.5) is 0 Å². The molecule has 4 rings (SSSR count). The molecule has 0 radical (unpaired) electrons. The van der Waals surface area contributed by atoms with Crippen LogP contribution >= 0.6 is 22.9 Å². The number of carbonyl (C=O) groups is 2. The summed E-state index contributed by atoms with van der Waals surface area (Å²) >= 11 is 7.65. The van der Waals surface area contributed by atoms with Crippen LogP contribution in [0.25, 0.3) is 10.1 Å². The van der Waals surface area contributed by atoms with Crippen molar-refractivity contribution in [1.82, 2.24) is 5.43 Å². The first-order valence-electron chi connectivity index (χ1n) is 10.2. The number of hydrazone groups is 1. The molecule has 0 spiro atoms. The predicted molar refractivity (Wildman–Crippen MR) is 135 cm³/mol. The van der Waals surface area contributed by atoms with E-state index in [-0.39, 0.29) is 5.91 Å². The van der Waals surface area contributed by atoms with Crippen molar-refractivity contribution in [2.24, 2.45) is 5.10 Å². The second-order valence-corrected chi connectivity index (χ2v) is 8.46. The maximum absolute atomic E-state index is 12.7. The molecule has 0 aliphatic carbocycles. The maximum Gasteiger partial charge on any atom is 0.355 e. The molecule has 0 saturated heterocycles. The van der Waals surface area contributed by atoms with Gasteiger partial charge in [0.1, 0.15) is 23.0 Å². The van der Waals surface area contributed by atoms with Crippen LogP contribution in [0.2, 0.25) is 5.02 Å². The van der Waals surface area contributed by atoms with E-state index in [4.69, 9.17) is 21.1 Å². The lowest BCUT2D eigenvalue weighted by molar-refractivity contribution is 0.0740. The van der Waals surface area contributed by atoms with Gasteiger partial charge < -0.3 is 9.47 Å². The first-order chi connectivity index (χ1) is 16.5. The lowest BCUT2D eigenvalue weighted by atomic mass is 10.2. The monoisotopic (exact) mass is 490 g/mol. The van der Waals surface area contributed by atoms with Crippen molar-refractivity contribution in [3.63, 3.8) is 0 Å². The molecule has 6 nitrogen and oxygen atoms in total. The number of rotatable bonds is 8. The van der Waals surface area contributed by atoms with Crippen molar-refractivity contribution in [3.8, 4) is 11.5 Å². The molecular formula is C26H19ClN2O4S. The summed E-state index contributed by atoms with van der Waals surface area (Å²) in [5, 5.41) is 5.18. The lowest BCUT2D eigenvalue weighted by Gasteiger charge is -2.05. The number of nitrogens with one attached hydrogen (secondary N) is 1. The number of nitrogens with zero attached hydrogens (tertiary/aromatic N) is 1. The van der Waals surface area contributed by atoms with Crippen LogP contribution in [0.5, 0.6) is 11.5 Å². The molecule has 0 bridgehead atoms. The first-order valence-corrected chi connectivity index (χ1v) is 11.4. The summed E-state index contributed by atoms with van der Waals surface area (Å²) in [5.74, 6) is 0.0785. The van der Waals surface area contributed by atoms with Crippen LogP contribution in [-0.4, -0.2) is 24.7 Å². The largest absolute Gasteiger partial charge is 0.490 e. The third-order valence-electron chi connectivity index (χ3n) is 4.65. The van der Waals surface area contributed by atoms with Gasteiger partial charge in [-0.25, -0.2) is 10.2 Å². The van der Waals surface area contributed by atoms with E-state index >= 15 is 0 Å². The number of hydrogen-bond donors (Lipinski definition) is 1. The molecule has 4 aromatic rings. The molecule has 0 atom stereocenters. The Morgan fingerprint density at radius 2 is 1.82 bits per heavy atom. The van der Waals surface area contributed by atoms with Gasteiger partial charge in [-0.3, -0.25) is 4.79 Å². The van der Waals surface area contributed by atoms with Crippen LogP contribution in [0.1, 0.15) is 25.6 Å². The highest BCUT2D eigenvalue weighted by atomic mass is 35.5. The zero-order chi connectivity index (χ0) is 23.9. The van der Waals surface area contributed by atoms with Gasteiger partial charge in [0, 0.05) is 15.6 Å². The van der Waals surface area contributed by atoms with Gasteiger partial charge >= 0.3 is 5.97 Å². The van der Waals surface area contributed by atoms with Crippen LogP contribution < -0.4 is 14.9 Å². The summed E-state index contributed by atoms with van der Waals surface area (Å²) in [4.78, 5) is 25.3. The Balaban J connectivity index is 1.38. The van der Waals surface area contributed by atoms with E-state index < -0.39 is 5.97 Å². The van der Waals surface area contributed by atoms with Crippen molar-refractivity contribution in [3.05, 3.63) is 106 Å². The molecular weight excluding hydrogens is 472 g/mol. The summed E-state index contributed by atoms with van der Waals surface area (Å²) < 4.78 is 11.8. The van der Waals surface area contributed by atoms with Gasteiger partial charge in [-0.1, -0.05) is 54.6 Å². The van der Waals surface area contributed by atoms with Crippen LogP contribution in [0, 0.1) is 0 Å². The van der Waals surface area contributed by atoms with Gasteiger partial charge in [0.2, 0.25) is 0 Å². The second kappa shape index (κ2) is 10.8. The van der Waals surface area contributed by atoms with E-state index in [1.165, 1.54) is 17.6 Å². The third kappa shape index (κ3) is 5.51. The summed E-state index contributed by atoms with van der Waals surface area (Å²) in [7, 11) is 0. The molecule has 0 saturated carbocycles. The van der Waals surface area contributed by atoms with Gasteiger partial charge in [-0.05, 0) is 48.0 Å². The molecule has 0 aliphatic heterocycles. The van der Waals surface area contributed by atoms with Crippen LogP contribution in [-0.2, 0) is 0 Å². The van der Waals surface area contributed by atoms with Crippen LogP contribution in [0.3, 0.4) is 0 Å². The Labute approximate surface area is 205 Å². The predicted octanol–water partition coefficient (Wildman–Crippen LogP) is 6.10. The summed E-state index contributed by atoms with van der Waals surface area (Å²) in [6.45, 7) is 3.98. The Morgan fingerprint density at radius 3 is 2.59 bits per heavy atom. The molecule has 3 aromatic carbocycles. The number of carbonyl (C=O) groups excluding carboxylic acids is 2. The average Bonchev–Trinajstić information content (AvgIpc) is 3.20. The Bertz CT molecular complexity index is 1380. The first kappa shape index (κ1) is 23.2. The molecule has 1 amide bonds. The highest BCUT2D eigenvalue weighted by Gasteiger charge is 2.19. The molecule has 0 aliphatic rings. The highest BCUT2D eigenvalue weighted by Crippen LogP contribution is 2.35. The SMILES string of the molecule is C=CCOc1ccc(C(=O)N/N=C\c2cccc(OC(=O)c3sc4ccccc4c3Cl)c2)cc1. The molecule has 1 aromatic heterocycles. The lowest BCUT2D eigenvalue weighted by Crippen LogP contribution is -2.17. The van der Waals surface area contributed by atoms with E-state index in [0.717, 1.165) is 10.1 Å². The standard InChI is InChI=1S/C26H19ClN2O4S/c1-2-14-32-19-12-10-18(11-13-19)25(30)29-28-16-17-6-5-7-20(15-17)33-26(31)24-23(27)21-8-3-4-9-22(21)34-24/h2-13,15-16H,1,14H2,(H,29,30)/b28-16-. The van der Waals surface area contributed by atoms with Crippen molar-refractivity contribution >= 4 is 51.1 Å². The minimum atomic E-state index is -0.533. The van der Waals surface area contributed by atoms with Gasteiger partial charge in [0.05, 0.1) is 11.2 Å². The number of benzene rings is 3. The van der Waals surface area contributed by atoms with E-state index in [9.17, 15) is 9.59 Å². The summed E-state index contributed by atoms with van der Waals surface area (Å²) in [6.07, 6.45) is 3.10. The Morgan fingerprint density at radius 1 is 1.03 bits per heavy atom. The van der Waals surface area contributed by atoms with Gasteiger partial charge in [0.25, 0.3) is 5.91 Å². The molecule has 1 heterocycles. The highest BCUT2D eigenvalue weighted by molar-refractivity contribution is 7.21. The number of esters is 1. The summed E-state index contributed by atoms with van der Waals surface area (Å²) in [6, 6.07) is 21.0. The number of amides is 1. The average molecular weight is 491 g/mol. The number of halogens is 1. The molecule has 0 unspecified atom stereocenters. The zero-order valence-electron chi connectivity index (χ0n) is 17.9. The van der Waals surface area contributed by atoms with Crippen molar-refractivity contribution in [1.29, 1.82) is 0 Å². The Hall–Kier alpha value is -3.94. The maximum atomic E-state index is 12.7. The van der Waals surface area contributed by atoms with Gasteiger partial charge in [-0.15, -0.1) is 11.3 Å². The zero-order valence-corrected chi connectivity index (χ0v) is 19.4. The minimum absolute atomic E-state index is 0.337. The van der Waals surface area contributed by atoms with E-state index in [0.29, 0.717) is 39.1 Å². The van der Waals surface area contributed by atoms with Gasteiger partial charge in [-0.2, -0.15) is 5.10 Å². The van der Waals surface area contributed by atoms with Crippen molar-refractivity contribution in [2.45, 2.75) is 0 Å². The molecule has 1 N–H and O–H groups in total. The van der Waals surface area contributed by atoms with Crippen molar-refractivity contribution in [2.75, 3.05) is 6.61 Å². The van der Waals surface area contributed by atoms with Crippen LogP contribution in [0.15, 0.2) is 90.6 Å². The normalized spacial score (nSPS) is 10.9. The molecule has 34 heavy (non-hydrogen) atoms. The summed E-state index contributed by atoms with van der Waals surface area (Å²) in [5.41, 5.74) is 3.54. The number of ether oxygens (including phenoxy) is 2. The minimum Gasteiger partial charge on any atom is -0.490 e. The molecule has 170 valence electrons. The topological polar surface area (TPSA) is 77.0 Å². The Kier molecular flexibility index (Phi) is 7.37. The second-order valence-electron chi connectivity index (χ2n) is 7.03. The quantitative estimate of drug-likeness (QED) is 0.106. The van der Waals surface area contributed by atoms with Gasteiger partial charge in [0.15, 0.2) is 0 Å². The van der Waals surface area contributed by atoms with E-state index in [1.807, 2.05) is 24.3 Å². The fourth-order valence-electron chi connectivity index (χ4n) is 3.04. The molecule has 0 fully saturated rings. The van der Waals surface area contributed by atoms with E-state index in [1.54, 1.807) is 54.6 Å². The van der Waals surface area contributed by atoms with Crippen molar-refractivity contribution < 1.29 is 19.1 Å². The fourth-order valence-corrected chi connectivity index (χ4v) is 4.43. The fraction of sp³-hybridized carbons (Fsp3) is 0.0385. The smallest absolute Gasteiger partial charge is 0.355 e. The number of fused-ring (bicyclic) bond motifs is 1. The van der Waals surface area contributed by atoms with E-state index in [2.05, 4.69) is 17.1 Å².